The van der Waals surface area contributed by atoms with Crippen LogP contribution in [0.3, 0.4) is 0 Å². The van der Waals surface area contributed by atoms with Gasteiger partial charge in [0.1, 0.15) is 12.1 Å². The van der Waals surface area contributed by atoms with Crippen LogP contribution in [0.1, 0.15) is 19.8 Å². The summed E-state index contributed by atoms with van der Waals surface area (Å²) >= 11 is 3.85. The second-order valence-electron chi connectivity index (χ2n) is 5.20. The number of carboxylic acid groups (broad SMARTS) is 1. The number of carbonyl (C=O) groups excluding carboxylic acids is 4. The first-order valence-electron chi connectivity index (χ1n) is 7.33. The van der Waals surface area contributed by atoms with Crippen LogP contribution in [0.4, 0.5) is 0 Å². The van der Waals surface area contributed by atoms with Crippen LogP contribution >= 0.6 is 12.6 Å². The molecule has 25 heavy (non-hydrogen) atoms. The van der Waals surface area contributed by atoms with Crippen molar-refractivity contribution in [3.8, 4) is 0 Å². The van der Waals surface area contributed by atoms with E-state index in [4.69, 9.17) is 16.6 Å². The quantitative estimate of drug-likeness (QED) is 0.183. The summed E-state index contributed by atoms with van der Waals surface area (Å²) < 4.78 is 0. The fourth-order valence-electron chi connectivity index (χ4n) is 1.56. The average Bonchev–Trinajstić information content (AvgIpc) is 2.54. The van der Waals surface area contributed by atoms with E-state index in [1.165, 1.54) is 6.92 Å². The summed E-state index contributed by atoms with van der Waals surface area (Å²) in [5.41, 5.74) is 10.4. The number of hydrogen-bond acceptors (Lipinski definition) is 7. The normalized spacial score (nSPS) is 13.9. The molecule has 0 saturated carbocycles. The summed E-state index contributed by atoms with van der Waals surface area (Å²) in [6.07, 6.45) is -0.319. The minimum atomic E-state index is -1.26. The van der Waals surface area contributed by atoms with Crippen LogP contribution in [0.25, 0.3) is 0 Å². The van der Waals surface area contributed by atoms with Crippen molar-refractivity contribution in [2.45, 2.75) is 37.9 Å². The summed E-state index contributed by atoms with van der Waals surface area (Å²) in [6, 6.07) is -3.26. The Morgan fingerprint density at radius 1 is 1.12 bits per heavy atom. The maximum absolute atomic E-state index is 12.0. The summed E-state index contributed by atoms with van der Waals surface area (Å²) in [5.74, 6) is -3.96. The van der Waals surface area contributed by atoms with Crippen molar-refractivity contribution in [2.24, 2.45) is 11.5 Å². The van der Waals surface area contributed by atoms with Crippen molar-refractivity contribution in [1.82, 2.24) is 16.0 Å². The van der Waals surface area contributed by atoms with Gasteiger partial charge in [-0.2, -0.15) is 12.6 Å². The molecule has 0 spiro atoms. The van der Waals surface area contributed by atoms with Gasteiger partial charge in [0, 0.05) is 12.2 Å². The van der Waals surface area contributed by atoms with Crippen molar-refractivity contribution in [2.75, 3.05) is 12.3 Å². The highest BCUT2D eigenvalue weighted by molar-refractivity contribution is 7.80. The number of amides is 4. The molecular formula is C13H23N5O6S. The topological polar surface area (TPSA) is 194 Å². The zero-order valence-corrected chi connectivity index (χ0v) is 14.5. The highest BCUT2D eigenvalue weighted by Crippen LogP contribution is 1.99. The molecule has 0 heterocycles. The van der Waals surface area contributed by atoms with Gasteiger partial charge in [-0.3, -0.25) is 24.0 Å². The number of nitrogens with one attached hydrogen (secondary N) is 3. The van der Waals surface area contributed by atoms with Gasteiger partial charge in [-0.1, -0.05) is 0 Å². The lowest BCUT2D eigenvalue weighted by atomic mass is 10.1. The van der Waals surface area contributed by atoms with Crippen molar-refractivity contribution in [1.29, 1.82) is 0 Å². The Bertz CT molecular complexity index is 529. The Morgan fingerprint density at radius 3 is 2.20 bits per heavy atom. The van der Waals surface area contributed by atoms with E-state index in [1.807, 2.05) is 0 Å². The first kappa shape index (κ1) is 22.7. The fourth-order valence-corrected chi connectivity index (χ4v) is 1.72. The van der Waals surface area contributed by atoms with E-state index in [-0.39, 0.29) is 18.6 Å². The molecule has 0 aliphatic carbocycles. The summed E-state index contributed by atoms with van der Waals surface area (Å²) in [7, 11) is 0. The highest BCUT2D eigenvalue weighted by atomic mass is 32.1. The number of rotatable bonds is 11. The molecule has 4 amide bonds. The third-order valence-corrected chi connectivity index (χ3v) is 3.41. The zero-order chi connectivity index (χ0) is 19.6. The van der Waals surface area contributed by atoms with Gasteiger partial charge in [0.2, 0.25) is 23.6 Å². The van der Waals surface area contributed by atoms with Gasteiger partial charge in [0.25, 0.3) is 0 Å². The maximum Gasteiger partial charge on any atom is 0.325 e. The van der Waals surface area contributed by atoms with Gasteiger partial charge >= 0.3 is 5.97 Å². The molecule has 0 fully saturated rings. The van der Waals surface area contributed by atoms with Crippen LogP contribution in [-0.2, 0) is 24.0 Å². The van der Waals surface area contributed by atoms with Crippen LogP contribution in [0, 0.1) is 0 Å². The molecule has 3 atom stereocenters. The van der Waals surface area contributed by atoms with Gasteiger partial charge in [-0.25, -0.2) is 0 Å². The number of nitrogens with two attached hydrogens (primary N) is 2. The molecule has 0 aliphatic heterocycles. The number of carboxylic acids is 1. The smallest absolute Gasteiger partial charge is 0.325 e. The minimum Gasteiger partial charge on any atom is -0.480 e. The van der Waals surface area contributed by atoms with E-state index in [1.54, 1.807) is 0 Å². The van der Waals surface area contributed by atoms with Crippen LogP contribution in [-0.4, -0.2) is 65.1 Å². The second kappa shape index (κ2) is 11.3. The second-order valence-corrected chi connectivity index (χ2v) is 5.57. The Balaban J connectivity index is 4.73. The standard InChI is InChI=1S/C13H23N5O6S/c1-6(13(23)24)17-12(22)8(2-3-9(15)19)18-10(20)4-16-11(21)7(14)5-25/h6-8,25H,2-5,14H2,1H3,(H2,15,19)(H,16,21)(H,17,22)(H,18,20)(H,23,24). The van der Waals surface area contributed by atoms with E-state index in [0.29, 0.717) is 0 Å². The van der Waals surface area contributed by atoms with E-state index < -0.39 is 54.3 Å². The largest absolute Gasteiger partial charge is 0.480 e. The van der Waals surface area contributed by atoms with E-state index in [2.05, 4.69) is 28.6 Å². The Morgan fingerprint density at radius 2 is 1.72 bits per heavy atom. The molecule has 8 N–H and O–H groups in total. The molecule has 0 aromatic rings. The molecule has 11 nitrogen and oxygen atoms in total. The molecule has 142 valence electrons. The maximum atomic E-state index is 12.0. The molecular weight excluding hydrogens is 354 g/mol. The lowest BCUT2D eigenvalue weighted by Crippen LogP contribution is -2.53. The first-order chi connectivity index (χ1) is 11.6. The number of thiol groups is 1. The summed E-state index contributed by atoms with van der Waals surface area (Å²) in [4.78, 5) is 57.0. The molecule has 0 aromatic carbocycles. The summed E-state index contributed by atoms with van der Waals surface area (Å²) in [5, 5.41) is 15.5. The first-order valence-corrected chi connectivity index (χ1v) is 7.96. The third-order valence-electron chi connectivity index (χ3n) is 3.02. The molecule has 0 aromatic heterocycles. The molecule has 12 heteroatoms. The van der Waals surface area contributed by atoms with E-state index in [9.17, 15) is 24.0 Å². The van der Waals surface area contributed by atoms with Gasteiger partial charge < -0.3 is 32.5 Å². The molecule has 3 unspecified atom stereocenters. The number of aliphatic carboxylic acids is 1. The lowest BCUT2D eigenvalue weighted by molar-refractivity contribution is -0.141. The lowest BCUT2D eigenvalue weighted by Gasteiger charge is -2.20. The Hall–Kier alpha value is -2.34. The van der Waals surface area contributed by atoms with Crippen LogP contribution in [0.2, 0.25) is 0 Å². The predicted molar refractivity (Wildman–Crippen MR) is 90.4 cm³/mol. The average molecular weight is 377 g/mol. The SMILES string of the molecule is CC(NC(=O)C(CCC(N)=O)NC(=O)CNC(=O)C(N)CS)C(=O)O. The molecule has 0 saturated heterocycles. The number of hydrogen-bond donors (Lipinski definition) is 7. The van der Waals surface area contributed by atoms with Crippen molar-refractivity contribution >= 4 is 42.2 Å². The van der Waals surface area contributed by atoms with E-state index in [0.717, 1.165) is 0 Å². The highest BCUT2D eigenvalue weighted by Gasteiger charge is 2.25. The minimum absolute atomic E-state index is 0.0875. The predicted octanol–water partition coefficient (Wildman–Crippen LogP) is -3.30. The Kier molecular flexibility index (Phi) is 10.2. The molecule has 0 aliphatic rings. The molecule has 0 rings (SSSR count). The van der Waals surface area contributed by atoms with Crippen molar-refractivity contribution < 1.29 is 29.1 Å². The third kappa shape index (κ3) is 9.52. The van der Waals surface area contributed by atoms with Gasteiger partial charge in [0.05, 0.1) is 12.6 Å². The van der Waals surface area contributed by atoms with Gasteiger partial charge in [0.15, 0.2) is 0 Å². The molecule has 0 bridgehead atoms. The zero-order valence-electron chi connectivity index (χ0n) is 13.7. The number of primary amides is 1. The molecule has 0 radical (unpaired) electrons. The van der Waals surface area contributed by atoms with Gasteiger partial charge in [-0.05, 0) is 13.3 Å². The van der Waals surface area contributed by atoms with E-state index >= 15 is 0 Å². The van der Waals surface area contributed by atoms with Crippen LogP contribution in [0.5, 0.6) is 0 Å². The summed E-state index contributed by atoms with van der Waals surface area (Å²) in [6.45, 7) is 0.793. The Labute approximate surface area is 149 Å². The monoisotopic (exact) mass is 377 g/mol. The fraction of sp³-hybridized carbons (Fsp3) is 0.615. The van der Waals surface area contributed by atoms with Crippen molar-refractivity contribution in [3.63, 3.8) is 0 Å². The van der Waals surface area contributed by atoms with Gasteiger partial charge in [-0.15, -0.1) is 0 Å². The van der Waals surface area contributed by atoms with Crippen LogP contribution < -0.4 is 27.4 Å². The van der Waals surface area contributed by atoms with Crippen molar-refractivity contribution in [3.05, 3.63) is 0 Å². The van der Waals surface area contributed by atoms with Crippen LogP contribution in [0.15, 0.2) is 0 Å². The number of carbonyl (C=O) groups is 5.